The van der Waals surface area contributed by atoms with Gasteiger partial charge in [-0.3, -0.25) is 4.79 Å². The fraction of sp³-hybridized carbons (Fsp3) is 0.364. The van der Waals surface area contributed by atoms with Gasteiger partial charge in [-0.25, -0.2) is 4.79 Å². The van der Waals surface area contributed by atoms with Gasteiger partial charge in [0.1, 0.15) is 6.10 Å². The van der Waals surface area contributed by atoms with Gasteiger partial charge in [0.15, 0.2) is 18.5 Å². The van der Waals surface area contributed by atoms with E-state index < -0.39 is 42.6 Å². The molecule has 1 N–H and O–H groups in total. The molecular formula is C22H24O7. The number of aliphatic hydroxyl groups excluding tert-OH is 1. The van der Waals surface area contributed by atoms with Crippen LogP contribution in [0.15, 0.2) is 60.7 Å². The van der Waals surface area contributed by atoms with Crippen LogP contribution in [0, 0.1) is 0 Å². The summed E-state index contributed by atoms with van der Waals surface area (Å²) in [5, 5.41) is 10.3. The summed E-state index contributed by atoms with van der Waals surface area (Å²) in [5.41, 5.74) is 1.26. The largest absolute Gasteiger partial charge is 0.454 e. The normalized spacial score (nSPS) is 26.5. The number of carbonyl (C=O) groups is 2. The lowest BCUT2D eigenvalue weighted by Gasteiger charge is -2.42. The van der Waals surface area contributed by atoms with Crippen LogP contribution in [0.4, 0.5) is 0 Å². The van der Waals surface area contributed by atoms with Crippen molar-refractivity contribution >= 4 is 11.9 Å². The second-order valence-electron chi connectivity index (χ2n) is 6.80. The van der Waals surface area contributed by atoms with Gasteiger partial charge < -0.3 is 24.1 Å². The molecule has 0 amide bonds. The third-order valence-electron chi connectivity index (χ3n) is 4.59. The molecule has 7 heteroatoms. The van der Waals surface area contributed by atoms with Gasteiger partial charge in [-0.05, 0) is 24.6 Å². The van der Waals surface area contributed by atoms with Crippen LogP contribution in [0.2, 0.25) is 0 Å². The van der Waals surface area contributed by atoms with E-state index >= 15 is 0 Å². The van der Waals surface area contributed by atoms with Crippen molar-refractivity contribution in [1.82, 2.24) is 0 Å². The molecule has 3 rings (SSSR count). The van der Waals surface area contributed by atoms with E-state index in [-0.39, 0.29) is 6.61 Å². The lowest BCUT2D eigenvalue weighted by molar-refractivity contribution is -0.291. The van der Waals surface area contributed by atoms with Crippen LogP contribution >= 0.6 is 0 Å². The molecule has 0 aromatic heterocycles. The maximum atomic E-state index is 12.6. The van der Waals surface area contributed by atoms with E-state index in [0.717, 1.165) is 5.56 Å². The van der Waals surface area contributed by atoms with Crippen LogP contribution in [0.25, 0.3) is 0 Å². The number of hydrogen-bond acceptors (Lipinski definition) is 7. The molecule has 1 fully saturated rings. The monoisotopic (exact) mass is 400 g/mol. The van der Waals surface area contributed by atoms with Crippen LogP contribution in [0.1, 0.15) is 29.8 Å². The molecule has 0 radical (unpaired) electrons. The number of rotatable bonds is 6. The molecule has 1 aliphatic rings. The first-order chi connectivity index (χ1) is 14.0. The molecule has 1 aliphatic heterocycles. The van der Waals surface area contributed by atoms with Crippen LogP contribution < -0.4 is 0 Å². The molecule has 0 saturated carbocycles. The van der Waals surface area contributed by atoms with Crippen LogP contribution in [-0.4, -0.2) is 47.8 Å². The molecule has 0 spiro atoms. The van der Waals surface area contributed by atoms with Gasteiger partial charge in [-0.2, -0.15) is 0 Å². The van der Waals surface area contributed by atoms with Crippen molar-refractivity contribution < 1.29 is 33.6 Å². The van der Waals surface area contributed by atoms with Crippen LogP contribution in [0.3, 0.4) is 0 Å². The van der Waals surface area contributed by atoms with Crippen molar-refractivity contribution in [2.45, 2.75) is 51.2 Å². The first-order valence-electron chi connectivity index (χ1n) is 9.38. The fourth-order valence-electron chi connectivity index (χ4n) is 3.19. The number of ether oxygens (including phenoxy) is 4. The minimum absolute atomic E-state index is 0.183. The van der Waals surface area contributed by atoms with E-state index in [0.29, 0.717) is 5.56 Å². The highest BCUT2D eigenvalue weighted by Gasteiger charge is 2.48. The number of aliphatic hydroxyl groups is 1. The predicted octanol–water partition coefficient (Wildman–Crippen LogP) is 2.47. The molecule has 7 nitrogen and oxygen atoms in total. The first-order valence-corrected chi connectivity index (χ1v) is 9.38. The highest BCUT2D eigenvalue weighted by Crippen LogP contribution is 2.28. The Morgan fingerprint density at radius 1 is 0.931 bits per heavy atom. The van der Waals surface area contributed by atoms with Gasteiger partial charge in [-0.15, -0.1) is 0 Å². The van der Waals surface area contributed by atoms with Gasteiger partial charge in [0.2, 0.25) is 0 Å². The molecule has 2 aromatic rings. The molecule has 0 aliphatic carbocycles. The molecule has 2 aromatic carbocycles. The average Bonchev–Trinajstić information content (AvgIpc) is 2.72. The highest BCUT2D eigenvalue weighted by atomic mass is 16.7. The van der Waals surface area contributed by atoms with Gasteiger partial charge in [0, 0.05) is 6.92 Å². The molecule has 5 atom stereocenters. The number of benzene rings is 2. The van der Waals surface area contributed by atoms with Crippen molar-refractivity contribution in [1.29, 1.82) is 0 Å². The summed E-state index contributed by atoms with van der Waals surface area (Å²) in [5.74, 6) is -1.16. The van der Waals surface area contributed by atoms with Crippen LogP contribution in [-0.2, 0) is 30.3 Å². The fourth-order valence-corrected chi connectivity index (χ4v) is 3.19. The second kappa shape index (κ2) is 9.65. The summed E-state index contributed by atoms with van der Waals surface area (Å²) in [6.07, 6.45) is -5.02. The van der Waals surface area contributed by atoms with Crippen molar-refractivity contribution in [3.63, 3.8) is 0 Å². The first kappa shape index (κ1) is 21.0. The summed E-state index contributed by atoms with van der Waals surface area (Å²) < 4.78 is 22.3. The zero-order chi connectivity index (χ0) is 20.8. The quantitative estimate of drug-likeness (QED) is 0.745. The maximum Gasteiger partial charge on any atom is 0.338 e. The lowest BCUT2D eigenvalue weighted by atomic mass is 9.98. The Kier molecular flexibility index (Phi) is 6.98. The minimum Gasteiger partial charge on any atom is -0.454 e. The molecule has 29 heavy (non-hydrogen) atoms. The van der Waals surface area contributed by atoms with E-state index in [4.69, 9.17) is 18.9 Å². The van der Waals surface area contributed by atoms with Crippen molar-refractivity contribution in [2.24, 2.45) is 0 Å². The van der Waals surface area contributed by atoms with E-state index in [9.17, 15) is 14.7 Å². The van der Waals surface area contributed by atoms with Gasteiger partial charge in [0.25, 0.3) is 0 Å². The Morgan fingerprint density at radius 3 is 2.17 bits per heavy atom. The minimum atomic E-state index is -1.40. The van der Waals surface area contributed by atoms with Gasteiger partial charge in [-0.1, -0.05) is 48.5 Å². The smallest absolute Gasteiger partial charge is 0.338 e. The molecule has 154 valence electrons. The Morgan fingerprint density at radius 2 is 1.55 bits per heavy atom. The summed E-state index contributed by atoms with van der Waals surface area (Å²) in [6, 6.07) is 17.9. The van der Waals surface area contributed by atoms with Gasteiger partial charge in [0.05, 0.1) is 18.3 Å². The Bertz CT molecular complexity index is 808. The number of hydrogen-bond donors (Lipinski definition) is 1. The third kappa shape index (κ3) is 5.41. The number of carbonyl (C=O) groups excluding carboxylic acids is 2. The molecule has 0 unspecified atom stereocenters. The second-order valence-corrected chi connectivity index (χ2v) is 6.80. The predicted molar refractivity (Wildman–Crippen MR) is 103 cm³/mol. The third-order valence-corrected chi connectivity index (χ3v) is 4.59. The average molecular weight is 400 g/mol. The molecule has 1 heterocycles. The summed E-state index contributed by atoms with van der Waals surface area (Å²) in [7, 11) is 0. The van der Waals surface area contributed by atoms with E-state index in [1.54, 1.807) is 37.3 Å². The number of esters is 2. The Hall–Kier alpha value is -2.74. The standard InChI is InChI=1S/C22H24O7/c1-14-18(29-21(24)17-11-7-4-8-12-17)19(20(22(25)27-14)28-15(2)23)26-13-16-9-5-3-6-10-16/h3-12,14,18-20,22,25H,13H2,1-2H3/t14-,18-,19+,20+,22+/m0/s1. The van der Waals surface area contributed by atoms with E-state index in [1.807, 2.05) is 30.3 Å². The van der Waals surface area contributed by atoms with E-state index in [1.165, 1.54) is 6.92 Å². The zero-order valence-electron chi connectivity index (χ0n) is 16.3. The Balaban J connectivity index is 1.82. The lowest BCUT2D eigenvalue weighted by Crippen LogP contribution is -2.60. The summed E-state index contributed by atoms with van der Waals surface area (Å²) >= 11 is 0. The zero-order valence-corrected chi connectivity index (χ0v) is 16.3. The summed E-state index contributed by atoms with van der Waals surface area (Å²) in [6.45, 7) is 3.07. The van der Waals surface area contributed by atoms with E-state index in [2.05, 4.69) is 0 Å². The van der Waals surface area contributed by atoms with Crippen molar-refractivity contribution in [3.05, 3.63) is 71.8 Å². The SMILES string of the molecule is CC(=O)O[C@@H]1[C@H](OCc2ccccc2)[C@@H](OC(=O)c2ccccc2)[C@H](C)O[C@H]1O. The molecule has 0 bridgehead atoms. The van der Waals surface area contributed by atoms with Crippen molar-refractivity contribution in [2.75, 3.05) is 0 Å². The Labute approximate surface area is 169 Å². The van der Waals surface area contributed by atoms with Crippen molar-refractivity contribution in [3.8, 4) is 0 Å². The maximum absolute atomic E-state index is 12.6. The molecule has 1 saturated heterocycles. The topological polar surface area (TPSA) is 91.3 Å². The highest BCUT2D eigenvalue weighted by molar-refractivity contribution is 5.89. The summed E-state index contributed by atoms with van der Waals surface area (Å²) in [4.78, 5) is 24.1. The van der Waals surface area contributed by atoms with Crippen LogP contribution in [0.5, 0.6) is 0 Å². The van der Waals surface area contributed by atoms with Gasteiger partial charge >= 0.3 is 11.9 Å². The molecular weight excluding hydrogens is 376 g/mol.